The maximum Gasteiger partial charge on any atom is 0.326 e. The Morgan fingerprint density at radius 1 is 1.00 bits per heavy atom. The largest absolute Gasteiger partial charge is 0.326 e. The molecule has 0 bridgehead atoms. The second kappa shape index (κ2) is 3.15. The number of fused-ring (bicyclic) bond motifs is 1. The van der Waals surface area contributed by atoms with Gasteiger partial charge in [0.1, 0.15) is 0 Å². The van der Waals surface area contributed by atoms with Gasteiger partial charge in [0.2, 0.25) is 0 Å². The van der Waals surface area contributed by atoms with Gasteiger partial charge in [0.15, 0.2) is 0 Å². The summed E-state index contributed by atoms with van der Waals surface area (Å²) < 4.78 is 0. The molecule has 72 valence electrons. The summed E-state index contributed by atoms with van der Waals surface area (Å²) >= 11 is 11.4. The molecule has 0 saturated heterocycles. The highest BCUT2D eigenvalue weighted by molar-refractivity contribution is 6.42. The predicted octanol–water partition coefficient (Wildman–Crippen LogP) is 1.52. The molecule has 0 spiro atoms. The van der Waals surface area contributed by atoms with Crippen LogP contribution < -0.4 is 11.2 Å². The van der Waals surface area contributed by atoms with Crippen LogP contribution in [-0.2, 0) is 0 Å². The molecule has 6 heteroatoms. The Morgan fingerprint density at radius 2 is 1.64 bits per heavy atom. The molecule has 1 aromatic heterocycles. The van der Waals surface area contributed by atoms with Crippen molar-refractivity contribution in [2.45, 2.75) is 0 Å². The summed E-state index contributed by atoms with van der Waals surface area (Å²) in [5.41, 5.74) is -0.684. The van der Waals surface area contributed by atoms with Gasteiger partial charge in [-0.15, -0.1) is 0 Å². The zero-order valence-corrected chi connectivity index (χ0v) is 8.24. The highest BCUT2D eigenvalue weighted by Crippen LogP contribution is 2.24. The Balaban J connectivity index is 3.03. The molecule has 0 atom stereocenters. The fourth-order valence-corrected chi connectivity index (χ4v) is 1.49. The molecule has 0 saturated carbocycles. The van der Waals surface area contributed by atoms with Crippen molar-refractivity contribution < 1.29 is 0 Å². The number of hydrogen-bond donors (Lipinski definition) is 2. The zero-order valence-electron chi connectivity index (χ0n) is 6.73. The molecule has 0 aliphatic carbocycles. The van der Waals surface area contributed by atoms with Gasteiger partial charge in [-0.1, -0.05) is 23.2 Å². The normalized spacial score (nSPS) is 10.7. The molecule has 14 heavy (non-hydrogen) atoms. The van der Waals surface area contributed by atoms with E-state index in [4.69, 9.17) is 23.2 Å². The quantitative estimate of drug-likeness (QED) is 0.721. The number of H-pyrrole nitrogens is 2. The molecule has 1 aromatic carbocycles. The number of aromatic nitrogens is 2. The van der Waals surface area contributed by atoms with Crippen LogP contribution in [0, 0.1) is 0 Å². The molecule has 2 rings (SSSR count). The fraction of sp³-hybridized carbons (Fsp3) is 0. The minimum atomic E-state index is -0.569. The van der Waals surface area contributed by atoms with Gasteiger partial charge in [0, 0.05) is 0 Å². The second-order valence-electron chi connectivity index (χ2n) is 2.72. The van der Waals surface area contributed by atoms with Crippen LogP contribution in [0.2, 0.25) is 10.0 Å². The summed E-state index contributed by atoms with van der Waals surface area (Å²) in [6.07, 6.45) is 0. The lowest BCUT2D eigenvalue weighted by atomic mass is 10.2. The SMILES string of the molecule is O=c1[nH]c(=O)c2cc(Cl)c(Cl)cc2[nH]1. The summed E-state index contributed by atoms with van der Waals surface area (Å²) in [5, 5.41) is 0.871. The van der Waals surface area contributed by atoms with E-state index in [2.05, 4.69) is 9.97 Å². The van der Waals surface area contributed by atoms with Crippen LogP contribution in [0.25, 0.3) is 10.9 Å². The highest BCUT2D eigenvalue weighted by Gasteiger charge is 2.04. The van der Waals surface area contributed by atoms with Crippen molar-refractivity contribution >= 4 is 34.1 Å². The Hall–Kier alpha value is -1.26. The molecule has 2 aromatic rings. The predicted molar refractivity (Wildman–Crippen MR) is 55.2 cm³/mol. The van der Waals surface area contributed by atoms with Gasteiger partial charge in [-0.2, -0.15) is 0 Å². The molecule has 0 amide bonds. The van der Waals surface area contributed by atoms with Crippen molar-refractivity contribution in [1.29, 1.82) is 0 Å². The summed E-state index contributed by atoms with van der Waals surface area (Å²) in [5.74, 6) is 0. The highest BCUT2D eigenvalue weighted by atomic mass is 35.5. The number of nitrogens with one attached hydrogen (secondary N) is 2. The first-order chi connectivity index (χ1) is 6.58. The van der Waals surface area contributed by atoms with Crippen LogP contribution in [0.4, 0.5) is 0 Å². The van der Waals surface area contributed by atoms with Crippen molar-refractivity contribution in [1.82, 2.24) is 9.97 Å². The van der Waals surface area contributed by atoms with Crippen molar-refractivity contribution in [3.63, 3.8) is 0 Å². The van der Waals surface area contributed by atoms with Gasteiger partial charge in [-0.3, -0.25) is 9.78 Å². The molecular weight excluding hydrogens is 227 g/mol. The first kappa shape index (κ1) is 9.30. The standard InChI is InChI=1S/C8H4Cl2N2O2/c9-4-1-3-6(2-5(4)10)11-8(14)12-7(3)13/h1-2H,(H2,11,12,13,14). The van der Waals surface area contributed by atoms with Crippen LogP contribution in [0.15, 0.2) is 21.7 Å². The summed E-state index contributed by atoms with van der Waals surface area (Å²) in [7, 11) is 0. The first-order valence-corrected chi connectivity index (χ1v) is 4.45. The third-order valence-electron chi connectivity index (χ3n) is 1.78. The lowest BCUT2D eigenvalue weighted by Crippen LogP contribution is -2.21. The molecule has 4 nitrogen and oxygen atoms in total. The minimum absolute atomic E-state index is 0.275. The van der Waals surface area contributed by atoms with Gasteiger partial charge in [-0.25, -0.2) is 4.79 Å². The van der Waals surface area contributed by atoms with Crippen molar-refractivity contribution in [3.05, 3.63) is 43.0 Å². The third kappa shape index (κ3) is 1.42. The topological polar surface area (TPSA) is 65.7 Å². The van der Waals surface area contributed by atoms with Crippen LogP contribution >= 0.6 is 23.2 Å². The van der Waals surface area contributed by atoms with Gasteiger partial charge in [-0.05, 0) is 12.1 Å². The maximum atomic E-state index is 11.3. The molecule has 0 aliphatic heterocycles. The van der Waals surface area contributed by atoms with E-state index in [1.165, 1.54) is 12.1 Å². The molecule has 0 radical (unpaired) electrons. The van der Waals surface area contributed by atoms with Crippen LogP contribution in [-0.4, -0.2) is 9.97 Å². The van der Waals surface area contributed by atoms with E-state index in [0.29, 0.717) is 15.9 Å². The first-order valence-electron chi connectivity index (χ1n) is 3.69. The van der Waals surface area contributed by atoms with Crippen molar-refractivity contribution in [3.8, 4) is 0 Å². The average molecular weight is 231 g/mol. The number of rotatable bonds is 0. The maximum absolute atomic E-state index is 11.3. The molecule has 0 unspecified atom stereocenters. The Morgan fingerprint density at radius 3 is 2.36 bits per heavy atom. The zero-order chi connectivity index (χ0) is 10.3. The van der Waals surface area contributed by atoms with Gasteiger partial charge < -0.3 is 4.98 Å². The van der Waals surface area contributed by atoms with E-state index >= 15 is 0 Å². The summed E-state index contributed by atoms with van der Waals surface area (Å²) in [4.78, 5) is 26.7. The van der Waals surface area contributed by atoms with Gasteiger partial charge in [0.05, 0.1) is 20.9 Å². The monoisotopic (exact) mass is 230 g/mol. The Bertz CT molecular complexity index is 615. The van der Waals surface area contributed by atoms with E-state index in [0.717, 1.165) is 0 Å². The molecule has 0 aliphatic rings. The van der Waals surface area contributed by atoms with E-state index in [1.54, 1.807) is 0 Å². The molecule has 0 fully saturated rings. The second-order valence-corrected chi connectivity index (χ2v) is 3.53. The minimum Gasteiger partial charge on any atom is -0.307 e. The number of benzene rings is 1. The van der Waals surface area contributed by atoms with Crippen molar-refractivity contribution in [2.24, 2.45) is 0 Å². The van der Waals surface area contributed by atoms with Gasteiger partial charge >= 0.3 is 5.69 Å². The van der Waals surface area contributed by atoms with Crippen LogP contribution in [0.3, 0.4) is 0 Å². The van der Waals surface area contributed by atoms with E-state index < -0.39 is 11.2 Å². The molecular formula is C8H4Cl2N2O2. The summed E-state index contributed by atoms with van der Waals surface area (Å²) in [6, 6.07) is 2.85. The van der Waals surface area contributed by atoms with E-state index in [9.17, 15) is 9.59 Å². The smallest absolute Gasteiger partial charge is 0.307 e. The fourth-order valence-electron chi connectivity index (χ4n) is 1.16. The average Bonchev–Trinajstić information content (AvgIpc) is 2.08. The molecule has 1 heterocycles. The summed E-state index contributed by atoms with van der Waals surface area (Å²) in [6.45, 7) is 0. The number of hydrogen-bond acceptors (Lipinski definition) is 2. The van der Waals surface area contributed by atoms with Gasteiger partial charge in [0.25, 0.3) is 5.56 Å². The van der Waals surface area contributed by atoms with Crippen LogP contribution in [0.1, 0.15) is 0 Å². The molecule has 2 N–H and O–H groups in total. The van der Waals surface area contributed by atoms with E-state index in [-0.39, 0.29) is 5.02 Å². The van der Waals surface area contributed by atoms with E-state index in [1.807, 2.05) is 0 Å². The van der Waals surface area contributed by atoms with Crippen LogP contribution in [0.5, 0.6) is 0 Å². The number of aromatic amines is 2. The Labute approximate surface area is 87.5 Å². The van der Waals surface area contributed by atoms with Crippen molar-refractivity contribution in [2.75, 3.05) is 0 Å². The third-order valence-corrected chi connectivity index (χ3v) is 2.50. The lowest BCUT2D eigenvalue weighted by Gasteiger charge is -1.98. The number of halogens is 2. The lowest BCUT2D eigenvalue weighted by molar-refractivity contribution is 1.08. The Kier molecular flexibility index (Phi) is 2.09.